The highest BCUT2D eigenvalue weighted by molar-refractivity contribution is 5.89. The number of carbonyl (C=O) groups is 2. The van der Waals surface area contributed by atoms with Crippen molar-refractivity contribution in [3.63, 3.8) is 0 Å². The third kappa shape index (κ3) is 2.46. The number of carbonyl (C=O) groups excluding carboxylic acids is 2. The Bertz CT molecular complexity index is 356. The van der Waals surface area contributed by atoms with Crippen molar-refractivity contribution in [2.24, 2.45) is 22.7 Å². The van der Waals surface area contributed by atoms with Gasteiger partial charge >= 0.3 is 0 Å². The molecular formula is C15H24O2. The van der Waals surface area contributed by atoms with Crippen LogP contribution in [0.15, 0.2) is 0 Å². The van der Waals surface area contributed by atoms with Gasteiger partial charge in [0.2, 0.25) is 0 Å². The van der Waals surface area contributed by atoms with Gasteiger partial charge in [-0.15, -0.1) is 0 Å². The summed E-state index contributed by atoms with van der Waals surface area (Å²) in [6.45, 7) is 8.43. The van der Waals surface area contributed by atoms with Gasteiger partial charge in [-0.1, -0.05) is 27.7 Å². The molecule has 2 nitrogen and oxygen atoms in total. The van der Waals surface area contributed by atoms with Crippen LogP contribution in [0.25, 0.3) is 0 Å². The van der Waals surface area contributed by atoms with Crippen LogP contribution in [0.4, 0.5) is 0 Å². The molecule has 2 rings (SSSR count). The standard InChI is InChI=1S/C15H24O2/c1-10-5-6-13(17)15(4)8-11(15)7-14(2,3)9-12(10)16/h10-11H,5-9H2,1-4H3/t10-,11+,15+/m1/s1. The smallest absolute Gasteiger partial charge is 0.139 e. The fourth-order valence-electron chi connectivity index (χ4n) is 3.27. The summed E-state index contributed by atoms with van der Waals surface area (Å²) in [5, 5.41) is 0. The van der Waals surface area contributed by atoms with E-state index in [1.54, 1.807) is 0 Å². The number of hydrogen-bond donors (Lipinski definition) is 0. The minimum atomic E-state index is -0.0582. The Morgan fingerprint density at radius 3 is 2.41 bits per heavy atom. The van der Waals surface area contributed by atoms with Crippen molar-refractivity contribution in [1.29, 1.82) is 0 Å². The maximum atomic E-state index is 12.1. The Balaban J connectivity index is 2.17. The lowest BCUT2D eigenvalue weighted by Gasteiger charge is -2.28. The molecule has 0 radical (unpaired) electrons. The fourth-order valence-corrected chi connectivity index (χ4v) is 3.27. The molecule has 0 aliphatic heterocycles. The van der Waals surface area contributed by atoms with Crippen molar-refractivity contribution >= 4 is 11.6 Å². The van der Waals surface area contributed by atoms with E-state index in [1.807, 2.05) is 6.92 Å². The van der Waals surface area contributed by atoms with Crippen molar-refractivity contribution in [3.8, 4) is 0 Å². The summed E-state index contributed by atoms with van der Waals surface area (Å²) < 4.78 is 0. The molecule has 2 fully saturated rings. The molecule has 0 N–H and O–H groups in total. The Hall–Kier alpha value is -0.660. The summed E-state index contributed by atoms with van der Waals surface area (Å²) in [7, 11) is 0. The normalized spacial score (nSPS) is 41.9. The second-order valence-corrected chi connectivity index (χ2v) is 7.19. The van der Waals surface area contributed by atoms with Crippen LogP contribution in [0.1, 0.15) is 59.8 Å². The molecule has 0 bridgehead atoms. The molecule has 0 unspecified atom stereocenters. The summed E-state index contributed by atoms with van der Waals surface area (Å²) in [5.41, 5.74) is 0.00275. The summed E-state index contributed by atoms with van der Waals surface area (Å²) in [6.07, 6.45) is 4.08. The van der Waals surface area contributed by atoms with Gasteiger partial charge in [0.05, 0.1) is 0 Å². The first-order chi connectivity index (χ1) is 7.74. The molecule has 0 aromatic carbocycles. The summed E-state index contributed by atoms with van der Waals surface area (Å²) in [6, 6.07) is 0. The molecule has 2 aliphatic carbocycles. The highest BCUT2D eigenvalue weighted by Crippen LogP contribution is 2.59. The SMILES string of the molecule is C[C@@H]1CCC(=O)[C@@]2(C)C[C@@H]2CC(C)(C)CC1=O. The third-order valence-electron chi connectivity index (χ3n) is 4.85. The lowest BCUT2D eigenvalue weighted by molar-refractivity contribution is -0.127. The van der Waals surface area contributed by atoms with Crippen LogP contribution in [0.5, 0.6) is 0 Å². The maximum Gasteiger partial charge on any atom is 0.139 e. The first kappa shape index (κ1) is 12.8. The average Bonchev–Trinajstić information content (AvgIpc) is 2.83. The summed E-state index contributed by atoms with van der Waals surface area (Å²) >= 11 is 0. The topological polar surface area (TPSA) is 34.1 Å². The van der Waals surface area contributed by atoms with E-state index < -0.39 is 0 Å². The van der Waals surface area contributed by atoms with Crippen LogP contribution in [-0.2, 0) is 9.59 Å². The fraction of sp³-hybridized carbons (Fsp3) is 0.867. The second-order valence-electron chi connectivity index (χ2n) is 7.19. The van der Waals surface area contributed by atoms with Crippen molar-refractivity contribution in [2.75, 3.05) is 0 Å². The van der Waals surface area contributed by atoms with E-state index in [4.69, 9.17) is 0 Å². The van der Waals surface area contributed by atoms with Crippen LogP contribution in [0.2, 0.25) is 0 Å². The second kappa shape index (κ2) is 3.93. The molecule has 17 heavy (non-hydrogen) atoms. The van der Waals surface area contributed by atoms with Gasteiger partial charge in [0.25, 0.3) is 0 Å². The lowest BCUT2D eigenvalue weighted by atomic mass is 9.76. The average molecular weight is 236 g/mol. The molecular weight excluding hydrogens is 212 g/mol. The van der Waals surface area contributed by atoms with Crippen molar-refractivity contribution in [3.05, 3.63) is 0 Å². The van der Waals surface area contributed by atoms with Gasteiger partial charge in [0.15, 0.2) is 0 Å². The van der Waals surface area contributed by atoms with E-state index in [1.165, 1.54) is 0 Å². The predicted molar refractivity (Wildman–Crippen MR) is 67.6 cm³/mol. The predicted octanol–water partition coefficient (Wildman–Crippen LogP) is 3.39. The van der Waals surface area contributed by atoms with Crippen molar-refractivity contribution in [1.82, 2.24) is 0 Å². The molecule has 0 saturated heterocycles. The maximum absolute atomic E-state index is 12.1. The third-order valence-corrected chi connectivity index (χ3v) is 4.85. The number of ketones is 2. The first-order valence-electron chi connectivity index (χ1n) is 6.81. The molecule has 0 spiro atoms. The molecule has 0 heterocycles. The van der Waals surface area contributed by atoms with Gasteiger partial charge in [-0.05, 0) is 30.6 Å². The number of hydrogen-bond acceptors (Lipinski definition) is 2. The van der Waals surface area contributed by atoms with Gasteiger partial charge in [-0.2, -0.15) is 0 Å². The zero-order chi connectivity index (χ0) is 12.8. The molecule has 0 aromatic heterocycles. The zero-order valence-corrected chi connectivity index (χ0v) is 11.5. The summed E-state index contributed by atoms with van der Waals surface area (Å²) in [4.78, 5) is 24.2. The van der Waals surface area contributed by atoms with E-state index in [0.717, 1.165) is 19.3 Å². The molecule has 2 saturated carbocycles. The van der Waals surface area contributed by atoms with E-state index in [9.17, 15) is 9.59 Å². The van der Waals surface area contributed by atoms with Crippen LogP contribution in [-0.4, -0.2) is 11.6 Å². The van der Waals surface area contributed by atoms with Gasteiger partial charge in [-0.25, -0.2) is 0 Å². The van der Waals surface area contributed by atoms with Gasteiger partial charge in [0.1, 0.15) is 11.6 Å². The van der Waals surface area contributed by atoms with Gasteiger partial charge in [0, 0.05) is 24.2 Å². The minimum absolute atomic E-state index is 0.0529. The van der Waals surface area contributed by atoms with Gasteiger partial charge < -0.3 is 0 Å². The zero-order valence-electron chi connectivity index (χ0n) is 11.5. The van der Waals surface area contributed by atoms with Crippen LogP contribution >= 0.6 is 0 Å². The molecule has 3 atom stereocenters. The van der Waals surface area contributed by atoms with E-state index in [0.29, 0.717) is 30.3 Å². The van der Waals surface area contributed by atoms with Crippen LogP contribution in [0, 0.1) is 22.7 Å². The number of rotatable bonds is 0. The van der Waals surface area contributed by atoms with Crippen LogP contribution < -0.4 is 0 Å². The van der Waals surface area contributed by atoms with E-state index in [2.05, 4.69) is 20.8 Å². The molecule has 2 heteroatoms. The molecule has 0 amide bonds. The highest BCUT2D eigenvalue weighted by Gasteiger charge is 2.56. The quantitative estimate of drug-likeness (QED) is 0.646. The Morgan fingerprint density at radius 2 is 1.76 bits per heavy atom. The van der Waals surface area contributed by atoms with E-state index in [-0.39, 0.29) is 16.7 Å². The highest BCUT2D eigenvalue weighted by atomic mass is 16.1. The molecule has 2 aliphatic rings. The molecule has 96 valence electrons. The lowest BCUT2D eigenvalue weighted by Crippen LogP contribution is -2.27. The number of fused-ring (bicyclic) bond motifs is 1. The monoisotopic (exact) mass is 236 g/mol. The molecule has 0 aromatic rings. The van der Waals surface area contributed by atoms with E-state index >= 15 is 0 Å². The number of Topliss-reactive ketones (excluding diaryl/α,β-unsaturated/α-hetero) is 2. The summed E-state index contributed by atoms with van der Waals surface area (Å²) in [5.74, 6) is 1.30. The minimum Gasteiger partial charge on any atom is -0.299 e. The van der Waals surface area contributed by atoms with Crippen molar-refractivity contribution < 1.29 is 9.59 Å². The Labute approximate surface area is 104 Å². The van der Waals surface area contributed by atoms with Gasteiger partial charge in [-0.3, -0.25) is 9.59 Å². The largest absolute Gasteiger partial charge is 0.299 e. The first-order valence-corrected chi connectivity index (χ1v) is 6.81. The van der Waals surface area contributed by atoms with Crippen molar-refractivity contribution in [2.45, 2.75) is 59.8 Å². The Morgan fingerprint density at radius 1 is 1.12 bits per heavy atom. The Kier molecular flexibility index (Phi) is 2.95. The van der Waals surface area contributed by atoms with Crippen LogP contribution in [0.3, 0.4) is 0 Å².